The Morgan fingerprint density at radius 1 is 1.17 bits per heavy atom. The maximum absolute atomic E-state index is 12.0. The molecule has 0 aliphatic rings. The number of hydrogen-bond acceptors (Lipinski definition) is 7. The van der Waals surface area contributed by atoms with Gasteiger partial charge in [-0.05, 0) is 17.7 Å². The lowest BCUT2D eigenvalue weighted by Gasteiger charge is -2.01. The number of oxime groups is 1. The molecule has 2 aromatic carbocycles. The number of rotatable bonds is 5. The summed E-state index contributed by atoms with van der Waals surface area (Å²) < 4.78 is 29.5. The van der Waals surface area contributed by atoms with Gasteiger partial charge in [0.15, 0.2) is 5.01 Å². The second-order valence-corrected chi connectivity index (χ2v) is 7.38. The average molecular weight is 357 g/mol. The summed E-state index contributed by atoms with van der Waals surface area (Å²) in [6.45, 7) is 0. The molecule has 3 rings (SSSR count). The molecule has 3 aromatic rings. The maximum atomic E-state index is 12.0. The minimum atomic E-state index is -3.94. The number of thiazole rings is 1. The number of nitrogens with zero attached hydrogens (tertiary/aromatic N) is 3. The Labute approximate surface area is 142 Å². The average Bonchev–Trinajstić information content (AvgIpc) is 2.99. The van der Waals surface area contributed by atoms with Gasteiger partial charge in [-0.1, -0.05) is 47.6 Å². The van der Waals surface area contributed by atoms with Gasteiger partial charge in [-0.15, -0.1) is 11.3 Å². The zero-order chi connectivity index (χ0) is 17.0. The molecule has 0 N–H and O–H groups in total. The van der Waals surface area contributed by atoms with Crippen molar-refractivity contribution in [1.29, 1.82) is 5.26 Å². The normalized spacial score (nSPS) is 12.0. The summed E-state index contributed by atoms with van der Waals surface area (Å²) in [6, 6.07) is 17.8. The van der Waals surface area contributed by atoms with E-state index in [1.165, 1.54) is 11.3 Å². The van der Waals surface area contributed by atoms with E-state index >= 15 is 0 Å². The SMILES string of the molecule is N#C/C(=N\OS(=O)(=O)Cc1ccccc1)c1nc2ccccc2s1. The molecule has 1 heterocycles. The van der Waals surface area contributed by atoms with Gasteiger partial charge >= 0.3 is 10.1 Å². The lowest BCUT2D eigenvalue weighted by atomic mass is 10.2. The molecule has 8 heteroatoms. The fourth-order valence-corrected chi connectivity index (χ4v) is 3.72. The highest BCUT2D eigenvalue weighted by atomic mass is 32.2. The Morgan fingerprint density at radius 2 is 1.88 bits per heavy atom. The number of benzene rings is 2. The fourth-order valence-electron chi connectivity index (χ4n) is 1.98. The smallest absolute Gasteiger partial charge is 0.267 e. The van der Waals surface area contributed by atoms with Crippen molar-refractivity contribution < 1.29 is 12.7 Å². The van der Waals surface area contributed by atoms with Gasteiger partial charge in [0.05, 0.1) is 10.2 Å². The molecule has 0 radical (unpaired) electrons. The van der Waals surface area contributed by atoms with Gasteiger partial charge in [0.25, 0.3) is 0 Å². The van der Waals surface area contributed by atoms with Crippen LogP contribution in [0.25, 0.3) is 10.2 Å². The maximum Gasteiger partial charge on any atom is 0.332 e. The van der Waals surface area contributed by atoms with Crippen LogP contribution in [0.3, 0.4) is 0 Å². The highest BCUT2D eigenvalue weighted by Crippen LogP contribution is 2.22. The van der Waals surface area contributed by atoms with Crippen LogP contribution < -0.4 is 0 Å². The molecule has 0 atom stereocenters. The Bertz CT molecular complexity index is 1000. The third kappa shape index (κ3) is 3.76. The minimum absolute atomic E-state index is 0.173. The van der Waals surface area contributed by atoms with Crippen LogP contribution in [-0.4, -0.2) is 19.1 Å². The second-order valence-electron chi connectivity index (χ2n) is 4.80. The van der Waals surface area contributed by atoms with Crippen molar-refractivity contribution in [3.05, 3.63) is 65.2 Å². The zero-order valence-electron chi connectivity index (χ0n) is 12.3. The molecule has 0 aliphatic heterocycles. The molecule has 0 bridgehead atoms. The fraction of sp³-hybridized carbons (Fsp3) is 0.0625. The molecule has 0 aliphatic carbocycles. The monoisotopic (exact) mass is 357 g/mol. The van der Waals surface area contributed by atoms with Crippen molar-refractivity contribution in [2.24, 2.45) is 5.16 Å². The van der Waals surface area contributed by atoms with Crippen LogP contribution in [0.2, 0.25) is 0 Å². The quantitative estimate of drug-likeness (QED) is 0.517. The first-order chi connectivity index (χ1) is 11.6. The molecule has 0 saturated heterocycles. The van der Waals surface area contributed by atoms with E-state index in [4.69, 9.17) is 0 Å². The van der Waals surface area contributed by atoms with Gasteiger partial charge in [-0.3, -0.25) is 4.28 Å². The van der Waals surface area contributed by atoms with Crippen LogP contribution in [0.1, 0.15) is 10.6 Å². The van der Waals surface area contributed by atoms with Crippen molar-refractivity contribution in [3.63, 3.8) is 0 Å². The molecule has 6 nitrogen and oxygen atoms in total. The van der Waals surface area contributed by atoms with Crippen molar-refractivity contribution >= 4 is 37.4 Å². The first kappa shape index (κ1) is 16.1. The molecule has 0 amide bonds. The molecule has 1 aromatic heterocycles. The van der Waals surface area contributed by atoms with Crippen molar-refractivity contribution in [2.45, 2.75) is 5.75 Å². The molecule has 0 fully saturated rings. The van der Waals surface area contributed by atoms with E-state index in [0.717, 1.165) is 4.70 Å². The van der Waals surface area contributed by atoms with Gasteiger partial charge in [-0.2, -0.15) is 13.7 Å². The molecule has 120 valence electrons. The highest BCUT2D eigenvalue weighted by Gasteiger charge is 2.16. The number of fused-ring (bicyclic) bond motifs is 1. The molecular formula is C16H11N3O3S2. The lowest BCUT2D eigenvalue weighted by Crippen LogP contribution is -2.08. The topological polar surface area (TPSA) is 92.4 Å². The number of para-hydroxylation sites is 1. The van der Waals surface area contributed by atoms with Gasteiger partial charge in [-0.25, -0.2) is 4.98 Å². The van der Waals surface area contributed by atoms with E-state index < -0.39 is 10.1 Å². The van der Waals surface area contributed by atoms with E-state index in [1.54, 1.807) is 36.4 Å². The van der Waals surface area contributed by atoms with Crippen LogP contribution >= 0.6 is 11.3 Å². The molecular weight excluding hydrogens is 346 g/mol. The van der Waals surface area contributed by atoms with Gasteiger partial charge in [0.2, 0.25) is 5.71 Å². The highest BCUT2D eigenvalue weighted by molar-refractivity contribution is 7.85. The third-order valence-corrected chi connectivity index (χ3v) is 5.06. The van der Waals surface area contributed by atoms with Crippen LogP contribution in [-0.2, 0) is 20.2 Å². The van der Waals surface area contributed by atoms with Crippen molar-refractivity contribution in [3.8, 4) is 6.07 Å². The van der Waals surface area contributed by atoms with Gasteiger partial charge < -0.3 is 0 Å². The van der Waals surface area contributed by atoms with Crippen LogP contribution in [0.15, 0.2) is 59.8 Å². The Morgan fingerprint density at radius 3 is 2.58 bits per heavy atom. The predicted molar refractivity (Wildman–Crippen MR) is 91.9 cm³/mol. The summed E-state index contributed by atoms with van der Waals surface area (Å²) in [5.41, 5.74) is 1.12. The summed E-state index contributed by atoms with van der Waals surface area (Å²) >= 11 is 1.25. The van der Waals surface area contributed by atoms with Crippen LogP contribution in [0.4, 0.5) is 0 Å². The standard InChI is InChI=1S/C16H11N3O3S2/c17-10-14(16-18-13-8-4-5-9-15(13)23-16)19-22-24(20,21)11-12-6-2-1-3-7-12/h1-9H,11H2/b19-14+. The molecule has 0 spiro atoms. The Hall–Kier alpha value is -2.76. The summed E-state index contributed by atoms with van der Waals surface area (Å²) in [5.74, 6) is -0.324. The van der Waals surface area contributed by atoms with E-state index in [1.807, 2.05) is 24.3 Å². The van der Waals surface area contributed by atoms with E-state index in [-0.39, 0.29) is 11.5 Å². The van der Waals surface area contributed by atoms with Crippen LogP contribution in [0.5, 0.6) is 0 Å². The Kier molecular flexibility index (Phi) is 4.55. The zero-order valence-corrected chi connectivity index (χ0v) is 13.9. The minimum Gasteiger partial charge on any atom is -0.267 e. The van der Waals surface area contributed by atoms with E-state index in [9.17, 15) is 13.7 Å². The molecule has 24 heavy (non-hydrogen) atoms. The first-order valence-corrected chi connectivity index (χ1v) is 9.26. The number of hydrogen-bond donors (Lipinski definition) is 0. The predicted octanol–water partition coefficient (Wildman–Crippen LogP) is 3.07. The molecule has 0 saturated carbocycles. The molecule has 0 unspecified atom stereocenters. The summed E-state index contributed by atoms with van der Waals surface area (Å²) in [7, 11) is -3.94. The summed E-state index contributed by atoms with van der Waals surface area (Å²) in [5, 5.41) is 13.0. The Balaban J connectivity index is 1.82. The first-order valence-electron chi connectivity index (χ1n) is 6.87. The van der Waals surface area contributed by atoms with Gasteiger partial charge in [0, 0.05) is 0 Å². The van der Waals surface area contributed by atoms with E-state index in [0.29, 0.717) is 16.1 Å². The largest absolute Gasteiger partial charge is 0.332 e. The van der Waals surface area contributed by atoms with E-state index in [2.05, 4.69) is 14.4 Å². The third-order valence-electron chi connectivity index (χ3n) is 3.03. The lowest BCUT2D eigenvalue weighted by molar-refractivity contribution is 0.339. The number of aromatic nitrogens is 1. The second kappa shape index (κ2) is 6.78. The van der Waals surface area contributed by atoms with Crippen LogP contribution in [0, 0.1) is 11.3 Å². The van der Waals surface area contributed by atoms with Gasteiger partial charge in [0.1, 0.15) is 11.8 Å². The summed E-state index contributed by atoms with van der Waals surface area (Å²) in [6.07, 6.45) is 0. The summed E-state index contributed by atoms with van der Waals surface area (Å²) in [4.78, 5) is 4.26. The van der Waals surface area contributed by atoms with Crippen molar-refractivity contribution in [1.82, 2.24) is 4.98 Å². The number of nitriles is 1. The van der Waals surface area contributed by atoms with Crippen molar-refractivity contribution in [2.75, 3.05) is 0 Å².